The molecule has 0 saturated carbocycles. The van der Waals surface area contributed by atoms with Gasteiger partial charge in [-0.25, -0.2) is 15.0 Å². The van der Waals surface area contributed by atoms with Crippen LogP contribution >= 0.6 is 0 Å². The fourth-order valence-electron chi connectivity index (χ4n) is 10.3. The zero-order chi connectivity index (χ0) is 36.9. The van der Waals surface area contributed by atoms with Crippen molar-refractivity contribution in [1.82, 2.24) is 38.2 Å². The van der Waals surface area contributed by atoms with Crippen LogP contribution in [0.5, 0.6) is 0 Å². The van der Waals surface area contributed by atoms with Crippen molar-refractivity contribution in [3.63, 3.8) is 0 Å². The Morgan fingerprint density at radius 2 is 1.02 bits per heavy atom. The first-order valence-corrected chi connectivity index (χ1v) is 19.3. The van der Waals surface area contributed by atoms with Gasteiger partial charge in [0.25, 0.3) is 6.71 Å². The summed E-state index contributed by atoms with van der Waals surface area (Å²) >= 11 is 0. The lowest BCUT2D eigenvalue weighted by molar-refractivity contribution is 1.04. The van der Waals surface area contributed by atoms with Gasteiger partial charge in [-0.2, -0.15) is 0 Å². The Morgan fingerprint density at radius 3 is 1.72 bits per heavy atom. The van der Waals surface area contributed by atoms with Crippen LogP contribution in [-0.2, 0) is 0 Å². The molecule has 0 bridgehead atoms. The van der Waals surface area contributed by atoms with Crippen LogP contribution in [0.2, 0.25) is 0 Å². The molecule has 6 aromatic carbocycles. The molecule has 2 aliphatic rings. The van der Waals surface area contributed by atoms with Crippen LogP contribution in [0.25, 0.3) is 100 Å². The normalized spacial score (nSPS) is 12.9. The maximum absolute atomic E-state index is 5.02. The van der Waals surface area contributed by atoms with Gasteiger partial charge in [-0.05, 0) is 64.9 Å². The van der Waals surface area contributed by atoms with Crippen LogP contribution < -0.4 is 16.4 Å². The van der Waals surface area contributed by atoms with Crippen molar-refractivity contribution in [2.45, 2.75) is 0 Å². The SMILES string of the molecule is c1ccc(-n2c3ccccc3c3c4cccc5c4n(c32)-c2cc(-c3ncccn3)cc3c2B5c2cccc4c5c6nccnc6n(-c6ccccc6)c5n-3c24)cc1. The van der Waals surface area contributed by atoms with E-state index >= 15 is 0 Å². The van der Waals surface area contributed by atoms with Crippen molar-refractivity contribution in [2.24, 2.45) is 0 Å². The highest BCUT2D eigenvalue weighted by Crippen LogP contribution is 2.45. The molecule has 14 rings (SSSR count). The van der Waals surface area contributed by atoms with E-state index in [1.807, 2.05) is 24.7 Å². The molecular weight excluding hydrogens is 699 g/mol. The highest BCUT2D eigenvalue weighted by Gasteiger charge is 2.43. The second-order valence-corrected chi connectivity index (χ2v) is 15.1. The molecule has 2 aliphatic heterocycles. The number of hydrogen-bond acceptors (Lipinski definition) is 4. The summed E-state index contributed by atoms with van der Waals surface area (Å²) in [5.74, 6) is 0.681. The van der Waals surface area contributed by atoms with Crippen molar-refractivity contribution in [2.75, 3.05) is 0 Å². The first-order valence-electron chi connectivity index (χ1n) is 19.3. The second kappa shape index (κ2) is 10.5. The Hall–Kier alpha value is -7.78. The van der Waals surface area contributed by atoms with E-state index in [2.05, 4.69) is 152 Å². The molecule has 8 nitrogen and oxygen atoms in total. The average Bonchev–Trinajstić information content (AvgIpc) is 4.00. The molecule has 0 radical (unpaired) electrons. The Morgan fingerprint density at radius 1 is 0.439 bits per heavy atom. The number of para-hydroxylation sites is 5. The van der Waals surface area contributed by atoms with Gasteiger partial charge in [-0.3, -0.25) is 23.3 Å². The summed E-state index contributed by atoms with van der Waals surface area (Å²) in [6.07, 6.45) is 7.26. The Labute approximate surface area is 324 Å². The first-order chi connectivity index (χ1) is 28.3. The quantitative estimate of drug-likeness (QED) is 0.172. The number of rotatable bonds is 3. The molecule has 8 heterocycles. The van der Waals surface area contributed by atoms with Gasteiger partial charge in [0.05, 0.1) is 21.9 Å². The fourth-order valence-corrected chi connectivity index (χ4v) is 10.3. The Kier molecular flexibility index (Phi) is 5.44. The summed E-state index contributed by atoms with van der Waals surface area (Å²) in [6.45, 7) is -0.0230. The van der Waals surface area contributed by atoms with Crippen LogP contribution in [-0.4, -0.2) is 44.9 Å². The molecule has 0 atom stereocenters. The number of fused-ring (bicyclic) bond motifs is 14. The molecule has 0 amide bonds. The number of benzene rings is 6. The molecule has 0 saturated heterocycles. The van der Waals surface area contributed by atoms with Crippen molar-refractivity contribution in [3.05, 3.63) is 164 Å². The number of hydrogen-bond donors (Lipinski definition) is 0. The molecule has 0 spiro atoms. The molecule has 0 aliphatic carbocycles. The van der Waals surface area contributed by atoms with Gasteiger partial charge in [0.15, 0.2) is 11.5 Å². The topological polar surface area (TPSA) is 71.3 Å². The molecule has 262 valence electrons. The second-order valence-electron chi connectivity index (χ2n) is 15.1. The molecule has 0 fully saturated rings. The van der Waals surface area contributed by atoms with E-state index in [1.165, 1.54) is 49.1 Å². The lowest BCUT2D eigenvalue weighted by Gasteiger charge is -2.34. The average molecular weight is 727 g/mol. The van der Waals surface area contributed by atoms with Crippen molar-refractivity contribution >= 4 is 89.0 Å². The standard InChI is InChI=1S/C48H27BN8/c1-3-12-29(13-4-1)54-36-21-8-7-16-31(36)39-32-17-9-19-34-43(32)56(47(39)54)37-26-28(45-51-22-11-23-52-45)27-38-41(37)49(34)35-20-10-18-33-40-42-46(53-25-24-50-42)55(30-14-5-2-6-15-30)48(40)57(38)44(33)35/h1-27H. The van der Waals surface area contributed by atoms with E-state index in [-0.39, 0.29) is 6.71 Å². The largest absolute Gasteiger partial charge is 0.296 e. The van der Waals surface area contributed by atoms with Crippen molar-refractivity contribution in [3.8, 4) is 34.1 Å². The third-order valence-electron chi connectivity index (χ3n) is 12.3. The maximum Gasteiger partial charge on any atom is 0.252 e. The molecule has 9 heteroatoms. The molecular formula is C48H27BN8. The van der Waals surface area contributed by atoms with Crippen LogP contribution in [0, 0.1) is 0 Å². The zero-order valence-corrected chi connectivity index (χ0v) is 30.2. The highest BCUT2D eigenvalue weighted by atomic mass is 15.2. The summed E-state index contributed by atoms with van der Waals surface area (Å²) in [6, 6.07) is 50.4. The van der Waals surface area contributed by atoms with E-state index in [9.17, 15) is 0 Å². The van der Waals surface area contributed by atoms with Crippen molar-refractivity contribution in [1.29, 1.82) is 0 Å². The van der Waals surface area contributed by atoms with Gasteiger partial charge >= 0.3 is 0 Å². The Bertz CT molecular complexity index is 3470. The van der Waals surface area contributed by atoms with E-state index in [4.69, 9.17) is 19.9 Å². The van der Waals surface area contributed by atoms with E-state index in [0.717, 1.165) is 61.5 Å². The van der Waals surface area contributed by atoms with E-state index < -0.39 is 0 Å². The lowest BCUT2D eigenvalue weighted by Crippen LogP contribution is -2.59. The Balaban J connectivity index is 1.24. The zero-order valence-electron chi connectivity index (χ0n) is 30.2. The van der Waals surface area contributed by atoms with Crippen molar-refractivity contribution < 1.29 is 0 Å². The van der Waals surface area contributed by atoms with E-state index in [1.54, 1.807) is 6.20 Å². The summed E-state index contributed by atoms with van der Waals surface area (Å²) in [7, 11) is 0. The number of nitrogens with zero attached hydrogens (tertiary/aromatic N) is 8. The summed E-state index contributed by atoms with van der Waals surface area (Å²) in [5.41, 5.74) is 16.7. The highest BCUT2D eigenvalue weighted by molar-refractivity contribution is 7.00. The molecule has 6 aromatic heterocycles. The summed E-state index contributed by atoms with van der Waals surface area (Å²) in [4.78, 5) is 19.7. The third-order valence-corrected chi connectivity index (χ3v) is 12.3. The minimum absolute atomic E-state index is 0.0230. The fraction of sp³-hybridized carbons (Fsp3) is 0. The molecule has 0 N–H and O–H groups in total. The van der Waals surface area contributed by atoms with Gasteiger partial charge in [-0.1, -0.05) is 91.0 Å². The number of aromatic nitrogens is 8. The molecule has 0 unspecified atom stereocenters. The molecule has 12 aromatic rings. The van der Waals surface area contributed by atoms with Gasteiger partial charge in [0.2, 0.25) is 0 Å². The smallest absolute Gasteiger partial charge is 0.252 e. The minimum Gasteiger partial charge on any atom is -0.296 e. The summed E-state index contributed by atoms with van der Waals surface area (Å²) < 4.78 is 9.75. The van der Waals surface area contributed by atoms with Gasteiger partial charge in [0.1, 0.15) is 16.8 Å². The van der Waals surface area contributed by atoms with Crippen LogP contribution in [0.1, 0.15) is 0 Å². The molecule has 57 heavy (non-hydrogen) atoms. The van der Waals surface area contributed by atoms with Crippen LogP contribution in [0.3, 0.4) is 0 Å². The lowest BCUT2D eigenvalue weighted by atomic mass is 9.34. The van der Waals surface area contributed by atoms with E-state index in [0.29, 0.717) is 5.82 Å². The maximum atomic E-state index is 5.02. The third kappa shape index (κ3) is 3.56. The predicted molar refractivity (Wildman–Crippen MR) is 230 cm³/mol. The van der Waals surface area contributed by atoms with Crippen LogP contribution in [0.15, 0.2) is 164 Å². The van der Waals surface area contributed by atoms with Gasteiger partial charge < -0.3 is 0 Å². The summed E-state index contributed by atoms with van der Waals surface area (Å²) in [5, 5.41) is 5.99. The van der Waals surface area contributed by atoms with Gasteiger partial charge in [-0.15, -0.1) is 0 Å². The monoisotopic (exact) mass is 726 g/mol. The van der Waals surface area contributed by atoms with Crippen LogP contribution in [0.4, 0.5) is 0 Å². The minimum atomic E-state index is -0.0230. The first kappa shape index (κ1) is 29.6. The van der Waals surface area contributed by atoms with Gasteiger partial charge in [0, 0.05) is 74.6 Å². The predicted octanol–water partition coefficient (Wildman–Crippen LogP) is 8.16.